The lowest BCUT2D eigenvalue weighted by Crippen LogP contribution is -2.44. The molecule has 7 nitrogen and oxygen atoms in total. The SMILES string of the molecule is Cc1ccc(S(=O)(=O)N(C)CC(=O)NCC2COc3ccccc3O2)cc1. The number of sulfonamides is 1. The van der Waals surface area contributed by atoms with Crippen molar-refractivity contribution in [1.29, 1.82) is 0 Å². The molecule has 0 bridgehead atoms. The normalized spacial score (nSPS) is 16.2. The highest BCUT2D eigenvalue weighted by Gasteiger charge is 2.24. The maximum absolute atomic E-state index is 12.5. The fourth-order valence-corrected chi connectivity index (χ4v) is 3.75. The number of nitrogens with zero attached hydrogens (tertiary/aromatic N) is 1. The van der Waals surface area contributed by atoms with Crippen LogP contribution >= 0.6 is 0 Å². The molecule has 1 unspecified atom stereocenters. The van der Waals surface area contributed by atoms with E-state index < -0.39 is 15.9 Å². The molecule has 8 heteroatoms. The molecule has 1 amide bonds. The Labute approximate surface area is 158 Å². The lowest BCUT2D eigenvalue weighted by atomic mass is 10.2. The maximum atomic E-state index is 12.5. The van der Waals surface area contributed by atoms with Crippen LogP contribution in [0.25, 0.3) is 0 Å². The molecule has 0 aromatic heterocycles. The van der Waals surface area contributed by atoms with E-state index in [-0.39, 0.29) is 24.1 Å². The van der Waals surface area contributed by atoms with Crippen LogP contribution in [-0.2, 0) is 14.8 Å². The number of nitrogens with one attached hydrogen (secondary N) is 1. The summed E-state index contributed by atoms with van der Waals surface area (Å²) in [4.78, 5) is 12.3. The van der Waals surface area contributed by atoms with Crippen LogP contribution in [0.2, 0.25) is 0 Å². The number of fused-ring (bicyclic) bond motifs is 1. The van der Waals surface area contributed by atoms with E-state index in [1.54, 1.807) is 18.2 Å². The van der Waals surface area contributed by atoms with E-state index in [4.69, 9.17) is 9.47 Å². The predicted octanol–water partition coefficient (Wildman–Crippen LogP) is 1.57. The number of carbonyl (C=O) groups excluding carboxylic acids is 1. The number of rotatable bonds is 6. The van der Waals surface area contributed by atoms with Crippen LogP contribution in [0, 0.1) is 6.92 Å². The first kappa shape index (κ1) is 19.2. The molecule has 0 saturated carbocycles. The molecule has 2 aromatic carbocycles. The lowest BCUT2D eigenvalue weighted by molar-refractivity contribution is -0.121. The second-order valence-electron chi connectivity index (χ2n) is 6.38. The van der Waals surface area contributed by atoms with Crippen LogP contribution in [0.5, 0.6) is 11.5 Å². The van der Waals surface area contributed by atoms with Gasteiger partial charge in [0.15, 0.2) is 11.5 Å². The smallest absolute Gasteiger partial charge is 0.243 e. The van der Waals surface area contributed by atoms with Gasteiger partial charge in [-0.25, -0.2) is 8.42 Å². The van der Waals surface area contributed by atoms with E-state index in [9.17, 15) is 13.2 Å². The Kier molecular flexibility index (Phi) is 5.67. The van der Waals surface area contributed by atoms with Crippen LogP contribution in [0.1, 0.15) is 5.56 Å². The fraction of sp³-hybridized carbons (Fsp3) is 0.316. The average molecular weight is 390 g/mol. The molecular weight excluding hydrogens is 368 g/mol. The van der Waals surface area contributed by atoms with E-state index >= 15 is 0 Å². The number of benzene rings is 2. The van der Waals surface area contributed by atoms with Gasteiger partial charge in [-0.1, -0.05) is 29.8 Å². The monoisotopic (exact) mass is 390 g/mol. The Bertz CT molecular complexity index is 912. The summed E-state index contributed by atoms with van der Waals surface area (Å²) >= 11 is 0. The summed E-state index contributed by atoms with van der Waals surface area (Å²) in [6.07, 6.45) is -0.331. The van der Waals surface area contributed by atoms with E-state index in [1.165, 1.54) is 19.2 Å². The van der Waals surface area contributed by atoms with Crippen molar-refractivity contribution < 1.29 is 22.7 Å². The molecule has 1 aliphatic heterocycles. The number of amides is 1. The molecule has 1 atom stereocenters. The van der Waals surface area contributed by atoms with Crippen molar-refractivity contribution >= 4 is 15.9 Å². The third-order valence-electron chi connectivity index (χ3n) is 4.19. The van der Waals surface area contributed by atoms with Gasteiger partial charge >= 0.3 is 0 Å². The molecule has 0 fully saturated rings. The van der Waals surface area contributed by atoms with E-state index in [1.807, 2.05) is 25.1 Å². The number of aryl methyl sites for hydroxylation is 1. The highest BCUT2D eigenvalue weighted by Crippen LogP contribution is 2.30. The van der Waals surface area contributed by atoms with Gasteiger partial charge in [0, 0.05) is 7.05 Å². The van der Waals surface area contributed by atoms with E-state index in [0.717, 1.165) is 9.87 Å². The summed E-state index contributed by atoms with van der Waals surface area (Å²) in [5, 5.41) is 2.70. The van der Waals surface area contributed by atoms with Gasteiger partial charge in [-0.05, 0) is 31.2 Å². The van der Waals surface area contributed by atoms with Gasteiger partial charge in [0.1, 0.15) is 12.7 Å². The summed E-state index contributed by atoms with van der Waals surface area (Å²) in [5.41, 5.74) is 0.964. The van der Waals surface area contributed by atoms with Gasteiger partial charge in [0.2, 0.25) is 15.9 Å². The molecule has 1 heterocycles. The molecule has 1 aliphatic rings. The van der Waals surface area contributed by atoms with Crippen molar-refractivity contribution in [3.8, 4) is 11.5 Å². The molecule has 144 valence electrons. The van der Waals surface area contributed by atoms with Crippen molar-refractivity contribution in [3.63, 3.8) is 0 Å². The third kappa shape index (κ3) is 4.58. The van der Waals surface area contributed by atoms with Gasteiger partial charge in [0.05, 0.1) is 18.0 Å². The Morgan fingerprint density at radius 3 is 2.52 bits per heavy atom. The molecule has 2 aromatic rings. The summed E-state index contributed by atoms with van der Waals surface area (Å²) in [5.74, 6) is 0.890. The maximum Gasteiger partial charge on any atom is 0.243 e. The quantitative estimate of drug-likeness (QED) is 0.809. The lowest BCUT2D eigenvalue weighted by Gasteiger charge is -2.26. The van der Waals surface area contributed by atoms with Crippen molar-refractivity contribution in [1.82, 2.24) is 9.62 Å². The third-order valence-corrected chi connectivity index (χ3v) is 6.01. The first-order valence-corrected chi connectivity index (χ1v) is 9.98. The van der Waals surface area contributed by atoms with Gasteiger partial charge in [-0.15, -0.1) is 0 Å². The minimum atomic E-state index is -3.72. The number of hydrogen-bond donors (Lipinski definition) is 1. The van der Waals surface area contributed by atoms with Crippen LogP contribution in [0.4, 0.5) is 0 Å². The summed E-state index contributed by atoms with van der Waals surface area (Å²) < 4.78 is 37.4. The number of carbonyl (C=O) groups is 1. The Morgan fingerprint density at radius 2 is 1.81 bits per heavy atom. The number of hydrogen-bond acceptors (Lipinski definition) is 5. The van der Waals surface area contributed by atoms with Gasteiger partial charge in [-0.3, -0.25) is 4.79 Å². The standard InChI is InChI=1S/C19H22N2O5S/c1-14-7-9-16(10-8-14)27(23,24)21(2)12-19(22)20-11-15-13-25-17-5-3-4-6-18(17)26-15/h3-10,15H,11-13H2,1-2H3,(H,20,22). The van der Waals surface area contributed by atoms with E-state index in [2.05, 4.69) is 5.32 Å². The number of likely N-dealkylation sites (N-methyl/N-ethyl adjacent to an activating group) is 1. The zero-order valence-corrected chi connectivity index (χ0v) is 16.0. The van der Waals surface area contributed by atoms with Crippen molar-refractivity contribution in [2.24, 2.45) is 0 Å². The molecule has 0 aliphatic carbocycles. The topological polar surface area (TPSA) is 84.9 Å². The molecule has 0 radical (unpaired) electrons. The zero-order chi connectivity index (χ0) is 19.4. The molecule has 27 heavy (non-hydrogen) atoms. The van der Waals surface area contributed by atoms with Crippen molar-refractivity contribution in [3.05, 3.63) is 54.1 Å². The first-order valence-electron chi connectivity index (χ1n) is 8.54. The molecule has 0 spiro atoms. The molecular formula is C19H22N2O5S. The van der Waals surface area contributed by atoms with Crippen LogP contribution in [0.3, 0.4) is 0 Å². The fourth-order valence-electron chi connectivity index (χ4n) is 2.62. The molecule has 3 rings (SSSR count). The second kappa shape index (κ2) is 7.98. The van der Waals surface area contributed by atoms with Gasteiger partial charge in [0.25, 0.3) is 0 Å². The number of ether oxygens (including phenoxy) is 2. The predicted molar refractivity (Wildman–Crippen MR) is 100 cm³/mol. The van der Waals surface area contributed by atoms with Gasteiger partial charge < -0.3 is 14.8 Å². The Hall–Kier alpha value is -2.58. The summed E-state index contributed by atoms with van der Waals surface area (Å²) in [6, 6.07) is 13.8. The average Bonchev–Trinajstić information content (AvgIpc) is 2.66. The number of para-hydroxylation sites is 2. The van der Waals surface area contributed by atoms with Crippen LogP contribution < -0.4 is 14.8 Å². The zero-order valence-electron chi connectivity index (χ0n) is 15.2. The van der Waals surface area contributed by atoms with Crippen molar-refractivity contribution in [2.75, 3.05) is 26.7 Å². The minimum Gasteiger partial charge on any atom is -0.486 e. The highest BCUT2D eigenvalue weighted by atomic mass is 32.2. The Balaban J connectivity index is 1.52. The van der Waals surface area contributed by atoms with Crippen molar-refractivity contribution in [2.45, 2.75) is 17.9 Å². The van der Waals surface area contributed by atoms with Crippen LogP contribution in [0.15, 0.2) is 53.4 Å². The summed E-state index contributed by atoms with van der Waals surface area (Å²) in [7, 11) is -2.34. The summed E-state index contributed by atoms with van der Waals surface area (Å²) in [6.45, 7) is 2.14. The molecule has 0 saturated heterocycles. The largest absolute Gasteiger partial charge is 0.486 e. The Morgan fingerprint density at radius 1 is 1.15 bits per heavy atom. The first-order chi connectivity index (χ1) is 12.9. The van der Waals surface area contributed by atoms with Crippen LogP contribution in [-0.4, -0.2) is 51.5 Å². The molecule has 1 N–H and O–H groups in total. The minimum absolute atomic E-state index is 0.157. The highest BCUT2D eigenvalue weighted by molar-refractivity contribution is 7.89. The van der Waals surface area contributed by atoms with E-state index in [0.29, 0.717) is 18.1 Å². The van der Waals surface area contributed by atoms with Gasteiger partial charge in [-0.2, -0.15) is 4.31 Å². The second-order valence-corrected chi connectivity index (χ2v) is 8.42.